The minimum absolute atomic E-state index is 0.271. The molecule has 0 bridgehead atoms. The van der Waals surface area contributed by atoms with Crippen LogP contribution >= 0.6 is 11.8 Å². The van der Waals surface area contributed by atoms with Crippen molar-refractivity contribution in [3.63, 3.8) is 0 Å². The standard InChI is InChI=1S/C16H20N4O3S/c1-10(12(21)17-14(22)18-16(2,3)4)24-15-20-19-13(23-15)11-8-6-5-7-9-11/h5-10H,1-4H3,(H2,17,18,21,22)/t10-/m0/s1. The molecule has 0 fully saturated rings. The van der Waals surface area contributed by atoms with E-state index >= 15 is 0 Å². The summed E-state index contributed by atoms with van der Waals surface area (Å²) >= 11 is 1.09. The maximum Gasteiger partial charge on any atom is 0.321 e. The fourth-order valence-electron chi connectivity index (χ4n) is 1.74. The van der Waals surface area contributed by atoms with Crippen molar-refractivity contribution < 1.29 is 14.0 Å². The average molecular weight is 348 g/mol. The Hall–Kier alpha value is -2.35. The van der Waals surface area contributed by atoms with E-state index < -0.39 is 22.7 Å². The summed E-state index contributed by atoms with van der Waals surface area (Å²) in [5, 5.41) is 12.6. The highest BCUT2D eigenvalue weighted by Gasteiger charge is 2.22. The Bertz CT molecular complexity index is 710. The Morgan fingerprint density at radius 3 is 2.46 bits per heavy atom. The smallest absolute Gasteiger partial charge is 0.321 e. The molecule has 0 unspecified atom stereocenters. The van der Waals surface area contributed by atoms with Crippen LogP contribution in [0.15, 0.2) is 40.0 Å². The lowest BCUT2D eigenvalue weighted by atomic mass is 10.1. The van der Waals surface area contributed by atoms with Gasteiger partial charge in [0.1, 0.15) is 0 Å². The molecule has 0 aliphatic rings. The summed E-state index contributed by atoms with van der Waals surface area (Å²) in [6, 6.07) is 8.82. The lowest BCUT2D eigenvalue weighted by Gasteiger charge is -2.20. The van der Waals surface area contributed by atoms with E-state index in [0.717, 1.165) is 17.3 Å². The van der Waals surface area contributed by atoms with E-state index in [2.05, 4.69) is 20.8 Å². The molecule has 24 heavy (non-hydrogen) atoms. The number of urea groups is 1. The van der Waals surface area contributed by atoms with Crippen LogP contribution in [-0.2, 0) is 4.79 Å². The quantitative estimate of drug-likeness (QED) is 0.825. The Kier molecular flexibility index (Phi) is 5.61. The van der Waals surface area contributed by atoms with Crippen molar-refractivity contribution in [2.75, 3.05) is 0 Å². The van der Waals surface area contributed by atoms with Crippen molar-refractivity contribution in [3.05, 3.63) is 30.3 Å². The van der Waals surface area contributed by atoms with Gasteiger partial charge in [-0.3, -0.25) is 10.1 Å². The highest BCUT2D eigenvalue weighted by Crippen LogP contribution is 2.25. The second-order valence-electron chi connectivity index (χ2n) is 6.19. The Balaban J connectivity index is 1.92. The number of hydrogen-bond acceptors (Lipinski definition) is 6. The van der Waals surface area contributed by atoms with E-state index in [1.165, 1.54) is 0 Å². The number of rotatable bonds is 4. The lowest BCUT2D eigenvalue weighted by Crippen LogP contribution is -2.49. The van der Waals surface area contributed by atoms with Gasteiger partial charge in [0.15, 0.2) is 0 Å². The second kappa shape index (κ2) is 7.48. The van der Waals surface area contributed by atoms with Gasteiger partial charge in [0.25, 0.3) is 5.22 Å². The van der Waals surface area contributed by atoms with Gasteiger partial charge in [-0.05, 0) is 39.8 Å². The highest BCUT2D eigenvalue weighted by molar-refractivity contribution is 8.00. The molecule has 1 aromatic heterocycles. The normalized spacial score (nSPS) is 12.5. The summed E-state index contributed by atoms with van der Waals surface area (Å²) < 4.78 is 5.54. The van der Waals surface area contributed by atoms with Gasteiger partial charge in [0.2, 0.25) is 11.8 Å². The highest BCUT2D eigenvalue weighted by atomic mass is 32.2. The lowest BCUT2D eigenvalue weighted by molar-refractivity contribution is -0.119. The van der Waals surface area contributed by atoms with Crippen molar-refractivity contribution in [1.82, 2.24) is 20.8 Å². The first-order chi connectivity index (χ1) is 11.2. The third-order valence-corrected chi connectivity index (χ3v) is 3.73. The number of benzene rings is 1. The van der Waals surface area contributed by atoms with Crippen molar-refractivity contribution >= 4 is 23.7 Å². The van der Waals surface area contributed by atoms with Gasteiger partial charge >= 0.3 is 6.03 Å². The van der Waals surface area contributed by atoms with Crippen LogP contribution < -0.4 is 10.6 Å². The zero-order valence-corrected chi connectivity index (χ0v) is 14.8. The number of carbonyl (C=O) groups excluding carboxylic acids is 2. The number of nitrogens with zero attached hydrogens (tertiary/aromatic N) is 2. The van der Waals surface area contributed by atoms with Crippen molar-refractivity contribution in [2.45, 2.75) is 43.7 Å². The van der Waals surface area contributed by atoms with Crippen LogP contribution in [0.2, 0.25) is 0 Å². The fraction of sp³-hybridized carbons (Fsp3) is 0.375. The molecule has 128 valence electrons. The molecule has 0 spiro atoms. The molecule has 0 saturated carbocycles. The third-order valence-electron chi connectivity index (χ3n) is 2.80. The Labute approximate surface area is 144 Å². The number of thioether (sulfide) groups is 1. The molecule has 7 nitrogen and oxygen atoms in total. The maximum absolute atomic E-state index is 12.0. The fourth-order valence-corrected chi connectivity index (χ4v) is 2.43. The summed E-state index contributed by atoms with van der Waals surface area (Å²) in [7, 11) is 0. The van der Waals surface area contributed by atoms with Gasteiger partial charge < -0.3 is 9.73 Å². The van der Waals surface area contributed by atoms with Gasteiger partial charge in [-0.2, -0.15) is 0 Å². The number of carbonyl (C=O) groups is 2. The molecule has 1 heterocycles. The molecule has 0 aliphatic carbocycles. The number of imide groups is 1. The second-order valence-corrected chi connectivity index (χ2v) is 7.48. The van der Waals surface area contributed by atoms with Gasteiger partial charge in [0.05, 0.1) is 5.25 Å². The van der Waals surface area contributed by atoms with Crippen LogP contribution in [0.4, 0.5) is 4.79 Å². The first kappa shape index (κ1) is 18.0. The predicted octanol–water partition coefficient (Wildman–Crippen LogP) is 2.84. The minimum Gasteiger partial charge on any atom is -0.411 e. The third kappa shape index (κ3) is 5.38. The van der Waals surface area contributed by atoms with E-state index in [0.29, 0.717) is 5.89 Å². The largest absolute Gasteiger partial charge is 0.411 e. The van der Waals surface area contributed by atoms with Crippen LogP contribution in [0, 0.1) is 0 Å². The van der Waals surface area contributed by atoms with Crippen molar-refractivity contribution in [2.24, 2.45) is 0 Å². The molecule has 1 atom stereocenters. The first-order valence-corrected chi connectivity index (χ1v) is 8.31. The van der Waals surface area contributed by atoms with Crippen LogP contribution in [-0.4, -0.2) is 32.9 Å². The van der Waals surface area contributed by atoms with Gasteiger partial charge in [0, 0.05) is 11.1 Å². The molecule has 0 radical (unpaired) electrons. The van der Waals surface area contributed by atoms with Crippen molar-refractivity contribution in [1.29, 1.82) is 0 Å². The van der Waals surface area contributed by atoms with Crippen molar-refractivity contribution in [3.8, 4) is 11.5 Å². The van der Waals surface area contributed by atoms with Gasteiger partial charge in [-0.25, -0.2) is 4.79 Å². The number of aromatic nitrogens is 2. The molecule has 2 aromatic rings. The van der Waals surface area contributed by atoms with E-state index in [9.17, 15) is 9.59 Å². The van der Waals surface area contributed by atoms with E-state index in [1.807, 2.05) is 51.1 Å². The summed E-state index contributed by atoms with van der Waals surface area (Å²) in [6.07, 6.45) is 0. The number of amides is 3. The Morgan fingerprint density at radius 1 is 1.17 bits per heavy atom. The molecular formula is C16H20N4O3S. The summed E-state index contributed by atoms with van der Waals surface area (Å²) in [5.41, 5.74) is 0.385. The summed E-state index contributed by atoms with van der Waals surface area (Å²) in [4.78, 5) is 23.7. The average Bonchev–Trinajstić information content (AvgIpc) is 2.94. The molecule has 3 amide bonds. The molecular weight excluding hydrogens is 328 g/mol. The van der Waals surface area contributed by atoms with Crippen LogP contribution in [0.5, 0.6) is 0 Å². The van der Waals surface area contributed by atoms with Crippen LogP contribution in [0.3, 0.4) is 0 Å². The van der Waals surface area contributed by atoms with Crippen LogP contribution in [0.1, 0.15) is 27.7 Å². The van der Waals surface area contributed by atoms with Gasteiger partial charge in [-0.15, -0.1) is 10.2 Å². The molecule has 8 heteroatoms. The maximum atomic E-state index is 12.0. The molecule has 1 aromatic carbocycles. The van der Waals surface area contributed by atoms with Crippen LogP contribution in [0.25, 0.3) is 11.5 Å². The predicted molar refractivity (Wildman–Crippen MR) is 91.5 cm³/mol. The summed E-state index contributed by atoms with van der Waals surface area (Å²) in [5.74, 6) is -0.0441. The summed E-state index contributed by atoms with van der Waals surface area (Å²) in [6.45, 7) is 7.16. The molecule has 2 N–H and O–H groups in total. The zero-order valence-electron chi connectivity index (χ0n) is 14.0. The van der Waals surface area contributed by atoms with Gasteiger partial charge in [-0.1, -0.05) is 30.0 Å². The Morgan fingerprint density at radius 2 is 1.83 bits per heavy atom. The van der Waals surface area contributed by atoms with E-state index in [4.69, 9.17) is 4.42 Å². The first-order valence-electron chi connectivity index (χ1n) is 7.43. The number of hydrogen-bond donors (Lipinski definition) is 2. The topological polar surface area (TPSA) is 97.1 Å². The zero-order chi connectivity index (χ0) is 17.7. The van der Waals surface area contributed by atoms with E-state index in [-0.39, 0.29) is 5.22 Å². The molecule has 0 saturated heterocycles. The minimum atomic E-state index is -0.556. The SMILES string of the molecule is C[C@H](Sc1nnc(-c2ccccc2)o1)C(=O)NC(=O)NC(C)(C)C. The number of nitrogens with one attached hydrogen (secondary N) is 2. The monoisotopic (exact) mass is 348 g/mol. The molecule has 0 aliphatic heterocycles. The van der Waals surface area contributed by atoms with E-state index in [1.54, 1.807) is 6.92 Å². The molecule has 2 rings (SSSR count).